The van der Waals surface area contributed by atoms with Gasteiger partial charge < -0.3 is 56.3 Å². The van der Waals surface area contributed by atoms with Crippen LogP contribution in [0.2, 0.25) is 0 Å². The van der Waals surface area contributed by atoms with Crippen molar-refractivity contribution < 1.29 is 155 Å². The molecule has 0 spiro atoms. The zero-order valence-corrected chi connectivity index (χ0v) is 78.2. The van der Waals surface area contributed by atoms with Crippen LogP contribution in [-0.2, 0) is 84.2 Å². The van der Waals surface area contributed by atoms with Gasteiger partial charge in [-0.1, -0.05) is 26.9 Å². The van der Waals surface area contributed by atoms with Crippen molar-refractivity contribution in [3.63, 3.8) is 0 Å². The van der Waals surface area contributed by atoms with Crippen molar-refractivity contribution in [2.75, 3.05) is 77.4 Å². The van der Waals surface area contributed by atoms with Crippen LogP contribution in [0.5, 0.6) is 23.0 Å². The fraction of sp³-hybridized carbons (Fsp3) is 0.573. The molecule has 8 aromatic rings. The van der Waals surface area contributed by atoms with Crippen LogP contribution in [0.4, 0.5) is 65.9 Å². The van der Waals surface area contributed by atoms with Gasteiger partial charge in [0.1, 0.15) is 34.7 Å². The average molecular weight is 2040 g/mol. The van der Waals surface area contributed by atoms with Gasteiger partial charge in [-0.25, -0.2) is 70.0 Å². The van der Waals surface area contributed by atoms with Gasteiger partial charge in [-0.3, -0.25) is 19.2 Å². The Morgan fingerprint density at radius 1 is 0.428 bits per heavy atom. The van der Waals surface area contributed by atoms with Gasteiger partial charge in [0.25, 0.3) is 41.4 Å². The molecule has 8 heterocycles. The van der Waals surface area contributed by atoms with Crippen LogP contribution >= 0.6 is 0 Å². The molecule has 18 rings (SSSR count). The Bertz CT molecular complexity index is 6380. The van der Waals surface area contributed by atoms with Gasteiger partial charge in [-0.05, 0) is 182 Å². The summed E-state index contributed by atoms with van der Waals surface area (Å²) in [5.41, 5.74) is -6.50. The van der Waals surface area contributed by atoms with E-state index in [0.29, 0.717) is 76.9 Å². The van der Waals surface area contributed by atoms with Gasteiger partial charge in [-0.2, -0.15) is 44.5 Å². The van der Waals surface area contributed by atoms with E-state index in [4.69, 9.17) is 36.7 Å². The average Bonchev–Trinajstić information content (AvgIpc) is 1.53. The summed E-state index contributed by atoms with van der Waals surface area (Å²) in [6, 6.07) is 14.6. The van der Waals surface area contributed by atoms with Crippen molar-refractivity contribution >= 4 is 63.0 Å². The molecule has 138 heavy (non-hydrogen) atoms. The maximum atomic E-state index is 13.8. The van der Waals surface area contributed by atoms with Gasteiger partial charge in [0, 0.05) is 104 Å². The lowest BCUT2D eigenvalue weighted by atomic mass is 10.1. The standard InChI is InChI=1S/C23H24F5N3O5S.C23H27F2N3O5S.C21H21F5N2O5S.C20H21F3N2O5S.2CH4/c1-12(20(2,24)25)35-16-5-4-14(37(3,33)34)8-15(16)17(32)31-10-13-9-21(13,11-31)18-29-30-19(36-18)22(6-7-22)23(26,27)28;1-13(22(3,24)25)32-17-6-5-15(34(4,30)31)9-16(17)18(29)28-11-14-10-23(14,12-28)19-26-20(33-27-19)21(2)7-8-21;1-11(19(2,22)23)32-15-5-4-13(34(3,30)31)6-14(15)17(29)28-9-12-7-20(12,10-28)18-27-8-16(33-18)21(24,25)26;1-11(2)30-15-5-4-13(31(3,27)28)6-14(15)17(26)25-8-12-7-19(12,10-25)18-24-16(9-29-18)20(21,22)23;;/h4-5,8,12-13H,6-7,9-11H2,1-3H3;5-6,9,13-14H,7-8,10-12H2,1-4H3;4-6,8,11-12H,7,9-10H2,1-3H3;4-6,9,11-12H,7-8,10H2,1-3H3;2*1H4. The first-order chi connectivity index (χ1) is 62.5. The van der Waals surface area contributed by atoms with Crippen LogP contribution in [0.1, 0.15) is 217 Å². The summed E-state index contributed by atoms with van der Waals surface area (Å²) in [7, 11) is -14.6. The van der Waals surface area contributed by atoms with Crippen LogP contribution < -0.4 is 18.9 Å². The minimum absolute atomic E-state index is 0. The lowest BCUT2D eigenvalue weighted by Gasteiger charge is -2.25. The van der Waals surface area contributed by atoms with Crippen LogP contribution in [0.3, 0.4) is 0 Å². The molecule has 0 bridgehead atoms. The van der Waals surface area contributed by atoms with Gasteiger partial charge in [0.2, 0.25) is 35.2 Å². The maximum absolute atomic E-state index is 13.8. The first-order valence-electron chi connectivity index (χ1n) is 42.7. The maximum Gasteiger partial charge on any atom is 0.451 e. The number of ether oxygens (including phenoxy) is 4. The van der Waals surface area contributed by atoms with E-state index in [0.717, 1.165) is 95.4 Å². The molecule has 10 fully saturated rings. The van der Waals surface area contributed by atoms with Crippen molar-refractivity contribution in [3.05, 3.63) is 154 Å². The molecular formula is C89H101F15N10O20S4. The molecule has 4 saturated heterocycles. The molecule has 4 amide bonds. The van der Waals surface area contributed by atoms with E-state index in [1.807, 2.05) is 0 Å². The number of hydrogen-bond acceptors (Lipinski definition) is 26. The Balaban J connectivity index is 0.000000155. The largest absolute Gasteiger partial charge is 0.490 e. The third-order valence-electron chi connectivity index (χ3n) is 27.0. The van der Waals surface area contributed by atoms with E-state index in [1.54, 1.807) is 18.7 Å². The summed E-state index contributed by atoms with van der Waals surface area (Å²) in [6.45, 7) is 12.7. The zero-order valence-electron chi connectivity index (χ0n) is 75.0. The Morgan fingerprint density at radius 3 is 1.07 bits per heavy atom. The number of amides is 4. The topological polar surface area (TPSA) is 385 Å². The highest BCUT2D eigenvalue weighted by molar-refractivity contribution is 7.91. The summed E-state index contributed by atoms with van der Waals surface area (Å²) >= 11 is 0. The molecule has 4 aromatic heterocycles. The van der Waals surface area contributed by atoms with E-state index in [-0.39, 0.29) is 184 Å². The number of hydrogen-bond donors (Lipinski definition) is 0. The number of rotatable bonds is 25. The molecule has 49 heteroatoms. The Kier molecular flexibility index (Phi) is 26.8. The number of likely N-dealkylation sites (tertiary alicyclic amines) is 4. The summed E-state index contributed by atoms with van der Waals surface area (Å²) in [5.74, 6) is -13.0. The Hall–Kier alpha value is -10.6. The third kappa shape index (κ3) is 20.7. The molecule has 6 saturated carbocycles. The fourth-order valence-electron chi connectivity index (χ4n) is 17.4. The molecule has 6 aliphatic carbocycles. The first-order valence-corrected chi connectivity index (χ1v) is 50.3. The van der Waals surface area contributed by atoms with Gasteiger partial charge in [0.15, 0.2) is 69.2 Å². The van der Waals surface area contributed by atoms with Gasteiger partial charge >= 0.3 is 18.5 Å². The third-order valence-corrected chi connectivity index (χ3v) is 31.4. The van der Waals surface area contributed by atoms with Crippen LogP contribution in [0.15, 0.2) is 123 Å². The smallest absolute Gasteiger partial charge is 0.451 e. The van der Waals surface area contributed by atoms with Crippen molar-refractivity contribution in [2.45, 2.75) is 241 Å². The minimum Gasteiger partial charge on any atom is -0.490 e. The molecular weight excluding hydrogens is 1940 g/mol. The minimum atomic E-state index is -4.70. The van der Waals surface area contributed by atoms with Crippen molar-refractivity contribution in [1.82, 2.24) is 49.9 Å². The second-order valence-corrected chi connectivity index (χ2v) is 46.1. The number of benzene rings is 4. The second kappa shape index (κ2) is 35.3. The fourth-order valence-corrected chi connectivity index (χ4v) is 20.0. The lowest BCUT2D eigenvalue weighted by Crippen LogP contribution is -2.35. The number of halogens is 15. The first kappa shape index (κ1) is 105. The number of carbonyl (C=O) groups excluding carboxylic acids is 4. The number of oxazole rings is 2. The normalized spacial score (nSPS) is 24.3. The summed E-state index contributed by atoms with van der Waals surface area (Å²) in [4.78, 5) is 70.8. The monoisotopic (exact) mass is 2040 g/mol. The van der Waals surface area contributed by atoms with Crippen LogP contribution in [-0.4, -0.2) is 233 Å². The summed E-state index contributed by atoms with van der Waals surface area (Å²) in [5, 5.41) is 11.8. The molecule has 4 aliphatic heterocycles. The SMILES string of the molecule is C.C.CC(C)Oc1ccc(S(C)(=O)=O)cc1C(=O)N1CC2CC2(c2nc(C(F)(F)F)co2)C1.CC(Oc1ccc(S(C)(=O)=O)cc1C(=O)N1CC2CC2(c2ncc(C(F)(F)F)o2)C1)C(C)(F)F.CC(Oc1ccc(S(C)(=O)=O)cc1C(=O)N1CC2CC2(c2nnc(C3(C(F)(F)F)CC3)o2)C1)C(C)(F)F.CC(Oc1ccc(S(C)(=O)=O)cc1C(=O)N1CC2CC2(c2noc(C3(C)CC3)n2)C1)C(C)(F)F. The highest BCUT2D eigenvalue weighted by atomic mass is 32.2. The Labute approximate surface area is 783 Å². The second-order valence-electron chi connectivity index (χ2n) is 38.0. The molecule has 10 aliphatic rings. The number of carbonyl (C=O) groups is 4. The van der Waals surface area contributed by atoms with Crippen molar-refractivity contribution in [1.29, 1.82) is 0 Å². The van der Waals surface area contributed by atoms with E-state index < -0.39 is 157 Å². The van der Waals surface area contributed by atoms with E-state index >= 15 is 0 Å². The molecule has 0 N–H and O–H groups in total. The molecule has 30 nitrogen and oxygen atoms in total. The number of fused-ring (bicyclic) bond motifs is 4. The summed E-state index contributed by atoms with van der Waals surface area (Å²) in [6.07, 6.45) is -9.51. The van der Waals surface area contributed by atoms with Crippen molar-refractivity contribution in [3.8, 4) is 23.0 Å². The number of alkyl halides is 15. The molecule has 0 radical (unpaired) electrons. The summed E-state index contributed by atoms with van der Waals surface area (Å²) < 4.78 is 339. The van der Waals surface area contributed by atoms with Crippen LogP contribution in [0, 0.1) is 23.7 Å². The number of sulfone groups is 4. The highest BCUT2D eigenvalue weighted by Gasteiger charge is 2.72. The predicted molar refractivity (Wildman–Crippen MR) is 457 cm³/mol. The Morgan fingerprint density at radius 2 is 0.761 bits per heavy atom. The van der Waals surface area contributed by atoms with E-state index in [9.17, 15) is 119 Å². The predicted octanol–water partition coefficient (Wildman–Crippen LogP) is 15.8. The highest BCUT2D eigenvalue weighted by Crippen LogP contribution is 2.65. The van der Waals surface area contributed by atoms with Gasteiger partial charge in [0.05, 0.1) is 75.8 Å². The van der Waals surface area contributed by atoms with Gasteiger partial charge in [-0.15, -0.1) is 10.2 Å². The van der Waals surface area contributed by atoms with Crippen molar-refractivity contribution in [2.24, 2.45) is 23.7 Å². The number of nitrogens with zero attached hydrogens (tertiary/aromatic N) is 10. The number of aromatic nitrogens is 6. The zero-order chi connectivity index (χ0) is 99.9. The number of piperidine rings is 4. The van der Waals surface area contributed by atoms with E-state index in [2.05, 4.69) is 37.2 Å². The molecule has 4 aromatic carbocycles. The molecule has 11 atom stereocenters. The lowest BCUT2D eigenvalue weighted by molar-refractivity contribution is -0.165. The van der Waals surface area contributed by atoms with E-state index in [1.165, 1.54) is 64.1 Å². The molecule has 756 valence electrons. The molecule has 11 unspecified atom stereocenters. The van der Waals surface area contributed by atoms with Crippen LogP contribution in [0.25, 0.3) is 0 Å². The quantitative estimate of drug-likeness (QED) is 0.0480.